The second-order valence-corrected chi connectivity index (χ2v) is 9.14. The number of nitrogens with zero attached hydrogens (tertiary/aromatic N) is 4. The summed E-state index contributed by atoms with van der Waals surface area (Å²) in [5, 5.41) is 1.98. The van der Waals surface area contributed by atoms with Gasteiger partial charge in [0.2, 0.25) is 0 Å². The van der Waals surface area contributed by atoms with E-state index >= 15 is 0 Å². The molecule has 8 heteroatoms. The first kappa shape index (κ1) is 22.3. The third kappa shape index (κ3) is 3.60. The first-order valence-electron chi connectivity index (χ1n) is 10.6. The molecule has 3 heterocycles. The van der Waals surface area contributed by atoms with Crippen LogP contribution in [0.25, 0.3) is 22.2 Å². The fourth-order valence-corrected chi connectivity index (χ4v) is 4.66. The lowest BCUT2D eigenvalue weighted by molar-refractivity contribution is 0.594. The summed E-state index contributed by atoms with van der Waals surface area (Å²) in [6, 6.07) is 18.4. The lowest BCUT2D eigenvalue weighted by Gasteiger charge is -2.31. The average molecular weight is 490 g/mol. The fourth-order valence-electron chi connectivity index (χ4n) is 4.35. The van der Waals surface area contributed by atoms with E-state index < -0.39 is 5.54 Å². The van der Waals surface area contributed by atoms with E-state index in [-0.39, 0.29) is 5.56 Å². The van der Waals surface area contributed by atoms with Crippen molar-refractivity contribution in [3.05, 3.63) is 117 Å². The molecule has 0 fully saturated rings. The quantitative estimate of drug-likeness (QED) is 0.389. The molecule has 1 unspecified atom stereocenters. The molecule has 0 amide bonds. The van der Waals surface area contributed by atoms with Crippen molar-refractivity contribution < 1.29 is 0 Å². The third-order valence-electron chi connectivity index (χ3n) is 6.18. The van der Waals surface area contributed by atoms with Crippen molar-refractivity contribution in [2.24, 2.45) is 19.8 Å². The topological polar surface area (TPSA) is 78.7 Å². The first-order valence-corrected chi connectivity index (χ1v) is 11.3. The molecule has 0 saturated carbocycles. The Hall–Kier alpha value is -3.45. The minimum Gasteiger partial charge on any atom is -0.336 e. The zero-order chi connectivity index (χ0) is 24.0. The molecule has 0 saturated heterocycles. The van der Waals surface area contributed by atoms with Crippen LogP contribution < -0.4 is 11.3 Å². The van der Waals surface area contributed by atoms with Gasteiger partial charge in [0.25, 0.3) is 5.56 Å². The Morgan fingerprint density at radius 2 is 1.68 bits per heavy atom. The second kappa shape index (κ2) is 8.40. The van der Waals surface area contributed by atoms with E-state index in [0.29, 0.717) is 15.7 Å². The summed E-state index contributed by atoms with van der Waals surface area (Å²) >= 11 is 12.4. The van der Waals surface area contributed by atoms with Gasteiger partial charge >= 0.3 is 0 Å². The zero-order valence-corrected chi connectivity index (χ0v) is 20.0. The molecule has 3 aromatic heterocycles. The van der Waals surface area contributed by atoms with E-state index in [4.69, 9.17) is 33.9 Å². The third-order valence-corrected chi connectivity index (χ3v) is 6.67. The van der Waals surface area contributed by atoms with Crippen LogP contribution in [0, 0.1) is 0 Å². The maximum Gasteiger partial charge on any atom is 0.252 e. The maximum atomic E-state index is 12.7. The minimum absolute atomic E-state index is 0.161. The Kier molecular flexibility index (Phi) is 5.52. The number of hydrogen-bond donors (Lipinski definition) is 1. The molecule has 170 valence electrons. The van der Waals surface area contributed by atoms with Crippen LogP contribution >= 0.6 is 23.2 Å². The number of hydrogen-bond acceptors (Lipinski definition) is 4. The van der Waals surface area contributed by atoms with Crippen LogP contribution in [0.3, 0.4) is 0 Å². The van der Waals surface area contributed by atoms with Crippen molar-refractivity contribution in [1.82, 2.24) is 19.1 Å². The Bertz CT molecular complexity index is 1590. The molecular formula is C26H21Cl2N5O. The van der Waals surface area contributed by atoms with Crippen molar-refractivity contribution >= 4 is 34.2 Å². The van der Waals surface area contributed by atoms with E-state index in [0.717, 1.165) is 33.3 Å². The molecule has 0 bridgehead atoms. The highest BCUT2D eigenvalue weighted by molar-refractivity contribution is 6.31. The highest BCUT2D eigenvalue weighted by Gasteiger charge is 2.35. The summed E-state index contributed by atoms with van der Waals surface area (Å²) in [7, 11) is 3.60. The first-order chi connectivity index (χ1) is 16.3. The number of halogens is 2. The van der Waals surface area contributed by atoms with Crippen LogP contribution in [0.15, 0.2) is 84.2 Å². The van der Waals surface area contributed by atoms with Crippen molar-refractivity contribution in [3.8, 4) is 11.1 Å². The molecule has 2 N–H and O–H groups in total. The van der Waals surface area contributed by atoms with Gasteiger partial charge in [0.15, 0.2) is 0 Å². The summed E-state index contributed by atoms with van der Waals surface area (Å²) in [6.07, 6.45) is 5.17. The van der Waals surface area contributed by atoms with Gasteiger partial charge in [0.1, 0.15) is 11.2 Å². The standard InChI is InChI=1S/C26H21Cl2N5O/c1-32-15-30-14-23(32)26(29,17-6-8-19(27)9-7-17)18-11-22-21(16-4-3-5-20(28)10-16)12-24(34)33(2)25(22)31-13-18/h3-15H,29H2,1-2H3. The van der Waals surface area contributed by atoms with Crippen LogP contribution in [0.1, 0.15) is 16.8 Å². The number of nitrogens with two attached hydrogens (primary N) is 1. The van der Waals surface area contributed by atoms with E-state index in [1.807, 2.05) is 60.1 Å². The van der Waals surface area contributed by atoms with Gasteiger partial charge in [-0.1, -0.05) is 47.5 Å². The molecule has 1 atom stereocenters. The van der Waals surface area contributed by atoms with E-state index in [1.165, 1.54) is 4.57 Å². The molecule has 5 rings (SSSR count). The Labute approximate surface area is 206 Å². The largest absolute Gasteiger partial charge is 0.336 e. The molecular weight excluding hydrogens is 469 g/mol. The summed E-state index contributed by atoms with van der Waals surface area (Å²) in [6.45, 7) is 0. The number of aryl methyl sites for hydroxylation is 2. The molecule has 0 aliphatic rings. The van der Waals surface area contributed by atoms with E-state index in [9.17, 15) is 4.79 Å². The van der Waals surface area contributed by atoms with Crippen molar-refractivity contribution in [3.63, 3.8) is 0 Å². The molecule has 2 aromatic carbocycles. The highest BCUT2D eigenvalue weighted by Crippen LogP contribution is 2.37. The van der Waals surface area contributed by atoms with Gasteiger partial charge in [0.05, 0.1) is 18.2 Å². The van der Waals surface area contributed by atoms with Crippen LogP contribution in [-0.4, -0.2) is 19.1 Å². The van der Waals surface area contributed by atoms with Gasteiger partial charge in [0, 0.05) is 47.4 Å². The molecule has 0 radical (unpaired) electrons. The zero-order valence-electron chi connectivity index (χ0n) is 18.5. The van der Waals surface area contributed by atoms with Gasteiger partial charge in [-0.25, -0.2) is 9.97 Å². The molecule has 34 heavy (non-hydrogen) atoms. The number of benzene rings is 2. The van der Waals surface area contributed by atoms with Gasteiger partial charge in [-0.3, -0.25) is 9.36 Å². The summed E-state index contributed by atoms with van der Waals surface area (Å²) < 4.78 is 3.41. The Balaban J connectivity index is 1.84. The van der Waals surface area contributed by atoms with Crippen molar-refractivity contribution in [1.29, 1.82) is 0 Å². The van der Waals surface area contributed by atoms with Crippen LogP contribution in [0.2, 0.25) is 10.0 Å². The predicted molar refractivity (Wildman–Crippen MR) is 136 cm³/mol. The number of fused-ring (bicyclic) bond motifs is 1. The van der Waals surface area contributed by atoms with Crippen LogP contribution in [0.4, 0.5) is 0 Å². The molecule has 0 aliphatic carbocycles. The lowest BCUT2D eigenvalue weighted by Crippen LogP contribution is -2.41. The van der Waals surface area contributed by atoms with Gasteiger partial charge in [-0.15, -0.1) is 0 Å². The van der Waals surface area contributed by atoms with Crippen molar-refractivity contribution in [2.45, 2.75) is 5.54 Å². The number of aromatic nitrogens is 4. The van der Waals surface area contributed by atoms with Crippen molar-refractivity contribution in [2.75, 3.05) is 0 Å². The molecule has 0 spiro atoms. The SMILES string of the molecule is Cn1cncc1C(N)(c1ccc(Cl)cc1)c1cnc2c(c1)c(-c1cccc(Cl)c1)cc(=O)n2C. The van der Waals surface area contributed by atoms with Crippen LogP contribution in [-0.2, 0) is 19.6 Å². The minimum atomic E-state index is -1.07. The Morgan fingerprint density at radius 1 is 0.912 bits per heavy atom. The number of pyridine rings is 2. The maximum absolute atomic E-state index is 12.7. The molecule has 6 nitrogen and oxygen atoms in total. The summed E-state index contributed by atoms with van der Waals surface area (Å²) in [5.74, 6) is 0. The summed E-state index contributed by atoms with van der Waals surface area (Å²) in [5.41, 5.74) is 10.4. The normalized spacial score (nSPS) is 13.2. The highest BCUT2D eigenvalue weighted by atomic mass is 35.5. The smallest absolute Gasteiger partial charge is 0.252 e. The number of imidazole rings is 1. The summed E-state index contributed by atoms with van der Waals surface area (Å²) in [4.78, 5) is 21.7. The molecule has 5 aromatic rings. The number of rotatable bonds is 4. The fraction of sp³-hybridized carbons (Fsp3) is 0.115. The van der Waals surface area contributed by atoms with Gasteiger partial charge < -0.3 is 10.3 Å². The van der Waals surface area contributed by atoms with Gasteiger partial charge in [-0.05, 0) is 47.0 Å². The van der Waals surface area contributed by atoms with E-state index in [2.05, 4.69) is 4.98 Å². The van der Waals surface area contributed by atoms with Crippen LogP contribution in [0.5, 0.6) is 0 Å². The average Bonchev–Trinajstić information content (AvgIpc) is 3.27. The monoisotopic (exact) mass is 489 g/mol. The lowest BCUT2D eigenvalue weighted by atomic mass is 9.81. The molecule has 0 aliphatic heterocycles. The predicted octanol–water partition coefficient (Wildman–Crippen LogP) is 4.89. The second-order valence-electron chi connectivity index (χ2n) is 8.27. The van der Waals surface area contributed by atoms with Gasteiger partial charge in [-0.2, -0.15) is 0 Å². The van der Waals surface area contributed by atoms with E-state index in [1.54, 1.807) is 37.9 Å². The Morgan fingerprint density at radius 3 is 2.35 bits per heavy atom.